The Hall–Kier alpha value is -1.25. The fourth-order valence-electron chi connectivity index (χ4n) is 2.28. The third-order valence-electron chi connectivity index (χ3n) is 3.47. The molecule has 0 saturated carbocycles. The van der Waals surface area contributed by atoms with Crippen molar-refractivity contribution in [2.45, 2.75) is 59.2 Å². The highest BCUT2D eigenvalue weighted by molar-refractivity contribution is 5.20. The van der Waals surface area contributed by atoms with Gasteiger partial charge in [0.1, 0.15) is 5.76 Å². The quantitative estimate of drug-likeness (QED) is 0.751. The molecule has 0 N–H and O–H groups in total. The number of aromatic nitrogens is 1. The van der Waals surface area contributed by atoms with E-state index in [9.17, 15) is 26.3 Å². The van der Waals surface area contributed by atoms with Gasteiger partial charge in [0, 0.05) is 11.0 Å². The van der Waals surface area contributed by atoms with Crippen LogP contribution in [0, 0.1) is 19.3 Å². The van der Waals surface area contributed by atoms with Crippen molar-refractivity contribution in [2.75, 3.05) is 0 Å². The SMILES string of the molecule is Cc1noc(C)c1COC(C(C)(C)C)(C(F)(F)F)C(F)(F)F. The van der Waals surface area contributed by atoms with Gasteiger partial charge in [0.05, 0.1) is 12.3 Å². The minimum atomic E-state index is -5.64. The van der Waals surface area contributed by atoms with Crippen LogP contribution in [0.15, 0.2) is 4.52 Å². The number of halogens is 6. The molecule has 0 aromatic carbocycles. The van der Waals surface area contributed by atoms with Crippen LogP contribution in [0.4, 0.5) is 26.3 Å². The molecule has 0 amide bonds. The summed E-state index contributed by atoms with van der Waals surface area (Å²) in [5.41, 5.74) is -6.31. The third kappa shape index (κ3) is 2.95. The van der Waals surface area contributed by atoms with Crippen LogP contribution in [0.25, 0.3) is 0 Å². The molecule has 0 atom stereocenters. The van der Waals surface area contributed by atoms with Crippen LogP contribution in [0.5, 0.6) is 0 Å². The van der Waals surface area contributed by atoms with Gasteiger partial charge < -0.3 is 9.26 Å². The van der Waals surface area contributed by atoms with Crippen molar-refractivity contribution in [3.05, 3.63) is 17.0 Å². The van der Waals surface area contributed by atoms with Gasteiger partial charge in [-0.2, -0.15) is 26.3 Å². The van der Waals surface area contributed by atoms with E-state index in [0.29, 0.717) is 0 Å². The Kier molecular flexibility index (Phi) is 4.64. The predicted molar refractivity (Wildman–Crippen MR) is 65.1 cm³/mol. The zero-order chi connectivity index (χ0) is 17.6. The van der Waals surface area contributed by atoms with Crippen molar-refractivity contribution < 1.29 is 35.6 Å². The molecule has 0 spiro atoms. The third-order valence-corrected chi connectivity index (χ3v) is 3.47. The summed E-state index contributed by atoms with van der Waals surface area (Å²) in [6.07, 6.45) is -11.3. The van der Waals surface area contributed by atoms with Crippen LogP contribution < -0.4 is 0 Å². The van der Waals surface area contributed by atoms with Crippen LogP contribution in [-0.2, 0) is 11.3 Å². The second kappa shape index (κ2) is 5.43. The van der Waals surface area contributed by atoms with E-state index in [2.05, 4.69) is 9.89 Å². The number of alkyl halides is 6. The number of rotatable bonds is 3. The average molecular weight is 333 g/mol. The average Bonchev–Trinajstić information content (AvgIpc) is 2.54. The monoisotopic (exact) mass is 333 g/mol. The van der Waals surface area contributed by atoms with Gasteiger partial charge in [0.15, 0.2) is 0 Å². The van der Waals surface area contributed by atoms with E-state index in [1.165, 1.54) is 13.8 Å². The summed E-state index contributed by atoms with van der Waals surface area (Å²) in [5.74, 6) is 0.115. The Morgan fingerprint density at radius 3 is 1.68 bits per heavy atom. The molecule has 1 heterocycles. The van der Waals surface area contributed by atoms with Crippen LogP contribution in [0.3, 0.4) is 0 Å². The molecule has 0 saturated heterocycles. The lowest BCUT2D eigenvalue weighted by molar-refractivity contribution is -0.413. The molecule has 0 aliphatic rings. The Bertz CT molecular complexity index is 469. The summed E-state index contributed by atoms with van der Waals surface area (Å²) in [6.45, 7) is 4.40. The molecule has 22 heavy (non-hydrogen) atoms. The molecular weight excluding hydrogens is 316 g/mol. The van der Waals surface area contributed by atoms with Crippen molar-refractivity contribution in [2.24, 2.45) is 5.41 Å². The number of hydrogen-bond donors (Lipinski definition) is 0. The molecule has 9 heteroatoms. The molecule has 0 aliphatic carbocycles. The van der Waals surface area contributed by atoms with E-state index in [1.54, 1.807) is 0 Å². The van der Waals surface area contributed by atoms with Crippen LogP contribution >= 0.6 is 0 Å². The first-order valence-electron chi connectivity index (χ1n) is 6.34. The van der Waals surface area contributed by atoms with Crippen molar-refractivity contribution >= 4 is 0 Å². The number of aryl methyl sites for hydroxylation is 2. The highest BCUT2D eigenvalue weighted by Crippen LogP contribution is 2.55. The van der Waals surface area contributed by atoms with E-state index >= 15 is 0 Å². The van der Waals surface area contributed by atoms with Gasteiger partial charge in [-0.05, 0) is 13.8 Å². The van der Waals surface area contributed by atoms with Crippen molar-refractivity contribution in [3.8, 4) is 0 Å². The first-order chi connectivity index (χ1) is 9.65. The molecule has 0 unspecified atom stereocenters. The normalized spacial score (nSPS) is 14.5. The maximum Gasteiger partial charge on any atom is 0.427 e. The molecule has 0 radical (unpaired) electrons. The molecule has 1 rings (SSSR count). The summed E-state index contributed by atoms with van der Waals surface area (Å²) < 4.78 is 89.1. The van der Waals surface area contributed by atoms with Gasteiger partial charge in [-0.15, -0.1) is 0 Å². The predicted octanol–water partition coefficient (Wildman–Crippen LogP) is 4.72. The maximum absolute atomic E-state index is 13.3. The van der Waals surface area contributed by atoms with Crippen molar-refractivity contribution in [3.63, 3.8) is 0 Å². The molecule has 0 bridgehead atoms. The zero-order valence-corrected chi connectivity index (χ0v) is 12.7. The van der Waals surface area contributed by atoms with Gasteiger partial charge >= 0.3 is 12.4 Å². The molecule has 1 aromatic rings. The minimum Gasteiger partial charge on any atom is -0.361 e. The van der Waals surface area contributed by atoms with Crippen LogP contribution in [0.1, 0.15) is 37.8 Å². The largest absolute Gasteiger partial charge is 0.427 e. The van der Waals surface area contributed by atoms with E-state index in [0.717, 1.165) is 20.8 Å². The first-order valence-corrected chi connectivity index (χ1v) is 6.34. The van der Waals surface area contributed by atoms with E-state index < -0.39 is 30.0 Å². The molecule has 3 nitrogen and oxygen atoms in total. The van der Waals surface area contributed by atoms with E-state index in [-0.39, 0.29) is 17.0 Å². The standard InChI is InChI=1S/C13H17F6NO2/c1-7-9(8(2)22-20-7)6-21-11(10(3,4)5,12(14,15)16)13(17,18)19/h6H2,1-5H3. The fourth-order valence-corrected chi connectivity index (χ4v) is 2.28. The summed E-state index contributed by atoms with van der Waals surface area (Å²) >= 11 is 0. The molecule has 0 aliphatic heterocycles. The summed E-state index contributed by atoms with van der Waals surface area (Å²) in [5, 5.41) is 3.49. The first kappa shape index (κ1) is 18.8. The van der Waals surface area contributed by atoms with E-state index in [1.807, 2.05) is 0 Å². The van der Waals surface area contributed by atoms with Crippen LogP contribution in [-0.4, -0.2) is 23.1 Å². The molecule has 1 aromatic heterocycles. The van der Waals surface area contributed by atoms with E-state index in [4.69, 9.17) is 4.52 Å². The molecule has 0 fully saturated rings. The number of hydrogen-bond acceptors (Lipinski definition) is 3. The number of nitrogens with zero attached hydrogens (tertiary/aromatic N) is 1. The topological polar surface area (TPSA) is 35.3 Å². The highest BCUT2D eigenvalue weighted by Gasteiger charge is 2.77. The lowest BCUT2D eigenvalue weighted by atomic mass is 9.75. The van der Waals surface area contributed by atoms with Crippen molar-refractivity contribution in [1.29, 1.82) is 0 Å². The Morgan fingerprint density at radius 2 is 1.41 bits per heavy atom. The van der Waals surface area contributed by atoms with Gasteiger partial charge in [0.25, 0.3) is 5.60 Å². The smallest absolute Gasteiger partial charge is 0.361 e. The molecule has 128 valence electrons. The Balaban J connectivity index is 3.34. The van der Waals surface area contributed by atoms with Gasteiger partial charge in [-0.25, -0.2) is 0 Å². The maximum atomic E-state index is 13.3. The summed E-state index contributed by atoms with van der Waals surface area (Å²) in [4.78, 5) is 0. The van der Waals surface area contributed by atoms with Crippen LogP contribution in [0.2, 0.25) is 0 Å². The second-order valence-electron chi connectivity index (χ2n) is 6.02. The molecular formula is C13H17F6NO2. The van der Waals surface area contributed by atoms with Crippen molar-refractivity contribution in [1.82, 2.24) is 5.16 Å². The highest BCUT2D eigenvalue weighted by atomic mass is 19.4. The summed E-state index contributed by atoms with van der Waals surface area (Å²) in [7, 11) is 0. The second-order valence-corrected chi connectivity index (χ2v) is 6.02. The number of ether oxygens (including phenoxy) is 1. The fraction of sp³-hybridized carbons (Fsp3) is 0.769. The lowest BCUT2D eigenvalue weighted by Gasteiger charge is -2.45. The van der Waals surface area contributed by atoms with Gasteiger partial charge in [-0.3, -0.25) is 0 Å². The Morgan fingerprint density at radius 1 is 0.955 bits per heavy atom. The van der Waals surface area contributed by atoms with Gasteiger partial charge in [-0.1, -0.05) is 25.9 Å². The minimum absolute atomic E-state index is 0.0714. The lowest BCUT2D eigenvalue weighted by Crippen LogP contribution is -2.66. The Labute approximate surface area is 123 Å². The zero-order valence-electron chi connectivity index (χ0n) is 12.7. The van der Waals surface area contributed by atoms with Gasteiger partial charge in [0.2, 0.25) is 0 Å². The summed E-state index contributed by atoms with van der Waals surface area (Å²) in [6, 6.07) is 0.